The van der Waals surface area contributed by atoms with E-state index in [0.29, 0.717) is 13.0 Å². The van der Waals surface area contributed by atoms with Crippen LogP contribution in [0.5, 0.6) is 5.75 Å². The van der Waals surface area contributed by atoms with Gasteiger partial charge >= 0.3 is 0 Å². The van der Waals surface area contributed by atoms with Crippen LogP contribution in [-0.2, 0) is 9.59 Å². The van der Waals surface area contributed by atoms with Crippen molar-refractivity contribution < 1.29 is 14.3 Å². The molecular weight excluding hydrogens is 402 g/mol. The van der Waals surface area contributed by atoms with Crippen molar-refractivity contribution in [2.24, 2.45) is 0 Å². The summed E-state index contributed by atoms with van der Waals surface area (Å²) in [6.07, 6.45) is 1.42. The van der Waals surface area contributed by atoms with Gasteiger partial charge in [0.25, 0.3) is 0 Å². The van der Waals surface area contributed by atoms with Crippen LogP contribution >= 0.6 is 0 Å². The molecule has 3 aromatic carbocycles. The lowest BCUT2D eigenvalue weighted by Gasteiger charge is -2.22. The van der Waals surface area contributed by atoms with Gasteiger partial charge in [-0.25, -0.2) is 0 Å². The zero-order chi connectivity index (χ0) is 22.3. The average Bonchev–Trinajstić information content (AvgIpc) is 3.27. The summed E-state index contributed by atoms with van der Waals surface area (Å²) in [7, 11) is 1.63. The Balaban J connectivity index is 1.48. The van der Waals surface area contributed by atoms with Gasteiger partial charge in [-0.15, -0.1) is 0 Å². The molecule has 1 unspecified atom stereocenters. The maximum absolute atomic E-state index is 12.9. The van der Waals surface area contributed by atoms with Gasteiger partial charge in [-0.1, -0.05) is 54.6 Å². The second-order valence-electron chi connectivity index (χ2n) is 7.70. The van der Waals surface area contributed by atoms with Crippen molar-refractivity contribution in [2.45, 2.75) is 18.9 Å². The minimum Gasteiger partial charge on any atom is -0.497 e. The number of carbonyl (C=O) groups excluding carboxylic acids is 2. The summed E-state index contributed by atoms with van der Waals surface area (Å²) in [4.78, 5) is 26.9. The summed E-state index contributed by atoms with van der Waals surface area (Å²) in [6, 6.07) is 24.9. The summed E-state index contributed by atoms with van der Waals surface area (Å²) < 4.78 is 5.26. The first kappa shape index (κ1) is 21.4. The molecule has 32 heavy (non-hydrogen) atoms. The summed E-state index contributed by atoms with van der Waals surface area (Å²) in [5.41, 5.74) is 3.55. The lowest BCUT2D eigenvalue weighted by molar-refractivity contribution is -0.120. The molecule has 6 heteroatoms. The fourth-order valence-electron chi connectivity index (χ4n) is 3.95. The van der Waals surface area contributed by atoms with Crippen molar-refractivity contribution in [3.05, 3.63) is 90.0 Å². The van der Waals surface area contributed by atoms with Crippen molar-refractivity contribution in [1.29, 1.82) is 0 Å². The molecule has 0 spiro atoms. The van der Waals surface area contributed by atoms with Crippen molar-refractivity contribution >= 4 is 23.2 Å². The van der Waals surface area contributed by atoms with Gasteiger partial charge in [0.05, 0.1) is 31.1 Å². The van der Waals surface area contributed by atoms with E-state index < -0.39 is 0 Å². The van der Waals surface area contributed by atoms with Crippen molar-refractivity contribution in [1.82, 2.24) is 5.32 Å². The predicted octanol–water partition coefficient (Wildman–Crippen LogP) is 4.14. The van der Waals surface area contributed by atoms with Crippen LogP contribution in [-0.4, -0.2) is 32.0 Å². The minimum absolute atomic E-state index is 0.0958. The van der Waals surface area contributed by atoms with E-state index in [-0.39, 0.29) is 24.4 Å². The first-order valence-corrected chi connectivity index (χ1v) is 10.8. The fourth-order valence-corrected chi connectivity index (χ4v) is 3.95. The molecule has 3 aromatic rings. The van der Waals surface area contributed by atoms with E-state index in [0.717, 1.165) is 34.7 Å². The highest BCUT2D eigenvalue weighted by Crippen LogP contribution is 2.29. The number of para-hydroxylation sites is 2. The first-order valence-electron chi connectivity index (χ1n) is 10.8. The number of ether oxygens (including phenoxy) is 1. The molecule has 6 nitrogen and oxygen atoms in total. The predicted molar refractivity (Wildman–Crippen MR) is 126 cm³/mol. The van der Waals surface area contributed by atoms with E-state index in [9.17, 15) is 9.59 Å². The minimum atomic E-state index is -0.285. The van der Waals surface area contributed by atoms with E-state index in [1.807, 2.05) is 78.9 Å². The number of carbonyl (C=O) groups is 2. The highest BCUT2D eigenvalue weighted by Gasteiger charge is 2.24. The second-order valence-corrected chi connectivity index (χ2v) is 7.70. The molecule has 1 aliphatic rings. The summed E-state index contributed by atoms with van der Waals surface area (Å²) in [5, 5.41) is 6.34. The summed E-state index contributed by atoms with van der Waals surface area (Å²) in [5.74, 6) is 0.742. The van der Waals surface area contributed by atoms with Crippen molar-refractivity contribution in [3.63, 3.8) is 0 Å². The van der Waals surface area contributed by atoms with E-state index in [1.165, 1.54) is 0 Å². The lowest BCUT2D eigenvalue weighted by atomic mass is 9.98. The van der Waals surface area contributed by atoms with Gasteiger partial charge in [0, 0.05) is 13.0 Å². The van der Waals surface area contributed by atoms with E-state index in [1.54, 1.807) is 12.0 Å². The fraction of sp³-hybridized carbons (Fsp3) is 0.231. The number of anilines is 2. The van der Waals surface area contributed by atoms with E-state index >= 15 is 0 Å². The SMILES string of the molecule is COc1ccc(C(NC(=O)CNc2ccccc2N2CCCC2=O)c2ccccc2)cc1. The highest BCUT2D eigenvalue weighted by molar-refractivity contribution is 5.98. The van der Waals surface area contributed by atoms with Crippen LogP contribution in [0.1, 0.15) is 30.0 Å². The zero-order valence-electron chi connectivity index (χ0n) is 18.1. The number of methoxy groups -OCH3 is 1. The number of rotatable bonds is 8. The second kappa shape index (κ2) is 10.0. The van der Waals surface area contributed by atoms with E-state index in [2.05, 4.69) is 10.6 Å². The third kappa shape index (κ3) is 4.91. The number of benzene rings is 3. The van der Waals surface area contributed by atoms with Crippen LogP contribution in [0.25, 0.3) is 0 Å². The number of nitrogens with one attached hydrogen (secondary N) is 2. The standard InChI is InChI=1S/C26H27N3O3/c1-32-21-15-13-20(14-16-21)26(19-8-3-2-4-9-19)28-24(30)18-27-22-10-5-6-11-23(22)29-17-7-12-25(29)31/h2-6,8-11,13-16,26-27H,7,12,17-18H2,1H3,(H,28,30). The Morgan fingerprint density at radius 1 is 0.969 bits per heavy atom. The monoisotopic (exact) mass is 429 g/mol. The van der Waals surface area contributed by atoms with Crippen LogP contribution in [0.2, 0.25) is 0 Å². The molecule has 0 saturated carbocycles. The molecule has 4 rings (SSSR count). The maximum Gasteiger partial charge on any atom is 0.240 e. The molecule has 164 valence electrons. The van der Waals surface area contributed by atoms with Gasteiger partial charge in [-0.2, -0.15) is 0 Å². The lowest BCUT2D eigenvalue weighted by Crippen LogP contribution is -2.34. The van der Waals surface area contributed by atoms with Gasteiger partial charge < -0.3 is 20.3 Å². The number of hydrogen-bond acceptors (Lipinski definition) is 4. The van der Waals surface area contributed by atoms with Gasteiger partial charge in [0.2, 0.25) is 11.8 Å². The van der Waals surface area contributed by atoms with Crippen LogP contribution < -0.4 is 20.3 Å². The third-order valence-electron chi connectivity index (χ3n) is 5.60. The molecule has 0 aromatic heterocycles. The Labute approximate surface area is 188 Å². The largest absolute Gasteiger partial charge is 0.497 e. The normalized spacial score (nSPS) is 14.2. The topological polar surface area (TPSA) is 70.7 Å². The Bertz CT molecular complexity index is 1070. The van der Waals surface area contributed by atoms with Gasteiger partial charge in [-0.3, -0.25) is 9.59 Å². The molecule has 1 aliphatic heterocycles. The number of amides is 2. The smallest absolute Gasteiger partial charge is 0.240 e. The summed E-state index contributed by atoms with van der Waals surface area (Å²) >= 11 is 0. The quantitative estimate of drug-likeness (QED) is 0.565. The molecule has 1 atom stereocenters. The van der Waals surface area contributed by atoms with Crippen molar-refractivity contribution in [2.75, 3.05) is 30.4 Å². The highest BCUT2D eigenvalue weighted by atomic mass is 16.5. The molecule has 2 amide bonds. The Hall–Kier alpha value is -3.80. The molecular formula is C26H27N3O3. The zero-order valence-corrected chi connectivity index (χ0v) is 18.1. The molecule has 0 bridgehead atoms. The molecule has 1 saturated heterocycles. The number of nitrogens with zero attached hydrogens (tertiary/aromatic N) is 1. The van der Waals surface area contributed by atoms with Crippen LogP contribution in [0, 0.1) is 0 Å². The van der Waals surface area contributed by atoms with Gasteiger partial charge in [-0.05, 0) is 41.8 Å². The van der Waals surface area contributed by atoms with Gasteiger partial charge in [0.15, 0.2) is 0 Å². The Morgan fingerprint density at radius 2 is 1.66 bits per heavy atom. The third-order valence-corrected chi connectivity index (χ3v) is 5.60. The van der Waals surface area contributed by atoms with Crippen LogP contribution in [0.3, 0.4) is 0 Å². The van der Waals surface area contributed by atoms with Crippen LogP contribution in [0.4, 0.5) is 11.4 Å². The van der Waals surface area contributed by atoms with Gasteiger partial charge in [0.1, 0.15) is 5.75 Å². The number of hydrogen-bond donors (Lipinski definition) is 2. The Morgan fingerprint density at radius 3 is 2.34 bits per heavy atom. The average molecular weight is 430 g/mol. The molecule has 0 radical (unpaired) electrons. The van der Waals surface area contributed by atoms with Crippen molar-refractivity contribution in [3.8, 4) is 5.75 Å². The molecule has 1 fully saturated rings. The molecule has 2 N–H and O–H groups in total. The molecule has 0 aliphatic carbocycles. The van der Waals surface area contributed by atoms with E-state index in [4.69, 9.17) is 4.74 Å². The Kier molecular flexibility index (Phi) is 6.70. The summed E-state index contributed by atoms with van der Waals surface area (Å²) in [6.45, 7) is 0.801. The molecule has 1 heterocycles. The first-order chi connectivity index (χ1) is 15.7. The van der Waals surface area contributed by atoms with Crippen LogP contribution in [0.15, 0.2) is 78.9 Å². The maximum atomic E-state index is 12.9.